The number of nitrogens with one attached hydrogen (secondary N) is 1. The van der Waals surface area contributed by atoms with Gasteiger partial charge in [0.15, 0.2) is 5.82 Å². The van der Waals surface area contributed by atoms with Crippen LogP contribution in [0.15, 0.2) is 83.6 Å². The molecule has 5 rings (SSSR count). The number of fused-ring (bicyclic) bond motifs is 1. The van der Waals surface area contributed by atoms with Gasteiger partial charge in [0.1, 0.15) is 6.33 Å². The van der Waals surface area contributed by atoms with Crippen molar-refractivity contribution >= 4 is 22.6 Å². The minimum absolute atomic E-state index is 0.191. The van der Waals surface area contributed by atoms with Gasteiger partial charge in [-0.15, -0.1) is 0 Å². The fraction of sp³-hybridized carbons (Fsp3) is 0.0435. The Balaban J connectivity index is 1.31. The highest BCUT2D eigenvalue weighted by Gasteiger charge is 2.10. The highest BCUT2D eigenvalue weighted by molar-refractivity contribution is 6.04. The summed E-state index contributed by atoms with van der Waals surface area (Å²) in [7, 11) is 0. The third kappa shape index (κ3) is 3.33. The molecule has 0 fully saturated rings. The zero-order chi connectivity index (χ0) is 20.5. The second-order valence-corrected chi connectivity index (χ2v) is 6.83. The van der Waals surface area contributed by atoms with Crippen LogP contribution in [0.5, 0.6) is 0 Å². The fourth-order valence-corrected chi connectivity index (χ4v) is 3.25. The zero-order valence-corrected chi connectivity index (χ0v) is 16.1. The van der Waals surface area contributed by atoms with Crippen LogP contribution in [0.1, 0.15) is 16.2 Å². The molecule has 0 aliphatic rings. The summed E-state index contributed by atoms with van der Waals surface area (Å²) < 4.78 is 7.16. The summed E-state index contributed by atoms with van der Waals surface area (Å²) in [6.07, 6.45) is 1.80. The Labute approximate surface area is 172 Å². The number of benzene rings is 3. The molecule has 0 bridgehead atoms. The van der Waals surface area contributed by atoms with Crippen molar-refractivity contribution in [3.63, 3.8) is 0 Å². The van der Waals surface area contributed by atoms with Gasteiger partial charge in [-0.1, -0.05) is 17.3 Å². The summed E-state index contributed by atoms with van der Waals surface area (Å²) in [6.45, 7) is 1.76. The molecule has 146 valence electrons. The normalized spacial score (nSPS) is 11.0. The largest absolute Gasteiger partial charge is 0.334 e. The monoisotopic (exact) mass is 395 g/mol. The van der Waals surface area contributed by atoms with Crippen LogP contribution in [0.2, 0.25) is 0 Å². The van der Waals surface area contributed by atoms with Crippen LogP contribution in [0.25, 0.3) is 28.2 Å². The lowest BCUT2D eigenvalue weighted by Crippen LogP contribution is -2.11. The number of para-hydroxylation sites is 2. The number of hydrogen-bond acceptors (Lipinski definition) is 5. The lowest BCUT2D eigenvalue weighted by atomic mass is 10.1. The number of rotatable bonds is 4. The quantitative estimate of drug-likeness (QED) is 0.479. The molecular weight excluding hydrogens is 378 g/mol. The average Bonchev–Trinajstić information content (AvgIpc) is 3.41. The van der Waals surface area contributed by atoms with Crippen LogP contribution in [0.3, 0.4) is 0 Å². The van der Waals surface area contributed by atoms with Gasteiger partial charge < -0.3 is 9.84 Å². The van der Waals surface area contributed by atoms with Crippen LogP contribution in [0.4, 0.5) is 5.69 Å². The molecule has 30 heavy (non-hydrogen) atoms. The Morgan fingerprint density at radius 1 is 0.967 bits per heavy atom. The van der Waals surface area contributed by atoms with Crippen molar-refractivity contribution in [3.05, 3.63) is 90.5 Å². The van der Waals surface area contributed by atoms with E-state index in [1.54, 1.807) is 37.5 Å². The predicted molar refractivity (Wildman–Crippen MR) is 113 cm³/mol. The molecule has 0 aliphatic carbocycles. The third-order valence-electron chi connectivity index (χ3n) is 4.78. The molecule has 0 spiro atoms. The second kappa shape index (κ2) is 7.29. The van der Waals surface area contributed by atoms with E-state index in [0.29, 0.717) is 23.0 Å². The molecule has 7 heteroatoms. The maximum Gasteiger partial charge on any atom is 0.257 e. The highest BCUT2D eigenvalue weighted by atomic mass is 16.5. The standard InChI is InChI=1S/C23H17N5O2/c1-15-25-23(30-27-15)17-8-6-16(7-9-17)22(29)26-18-10-12-19(13-11-18)28-14-24-20-4-2-3-5-21(20)28/h2-14H,1H3,(H,26,29). The Morgan fingerprint density at radius 2 is 1.73 bits per heavy atom. The van der Waals surface area contributed by atoms with Crippen LogP contribution < -0.4 is 5.32 Å². The zero-order valence-electron chi connectivity index (χ0n) is 16.1. The van der Waals surface area contributed by atoms with E-state index in [2.05, 4.69) is 20.4 Å². The first-order valence-corrected chi connectivity index (χ1v) is 9.42. The maximum absolute atomic E-state index is 12.6. The first-order valence-electron chi connectivity index (χ1n) is 9.42. The number of carbonyl (C=O) groups excluding carboxylic acids is 1. The second-order valence-electron chi connectivity index (χ2n) is 6.83. The van der Waals surface area contributed by atoms with Crippen molar-refractivity contribution in [1.82, 2.24) is 19.7 Å². The molecule has 0 unspecified atom stereocenters. The maximum atomic E-state index is 12.6. The van der Waals surface area contributed by atoms with E-state index in [0.717, 1.165) is 22.3 Å². The predicted octanol–water partition coefficient (Wildman–Crippen LogP) is 4.64. The van der Waals surface area contributed by atoms with E-state index >= 15 is 0 Å². The van der Waals surface area contributed by atoms with Crippen LogP contribution in [-0.2, 0) is 0 Å². The number of hydrogen-bond donors (Lipinski definition) is 1. The molecule has 7 nitrogen and oxygen atoms in total. The molecule has 0 radical (unpaired) electrons. The van der Waals surface area contributed by atoms with Crippen molar-refractivity contribution < 1.29 is 9.32 Å². The summed E-state index contributed by atoms with van der Waals surface area (Å²) in [4.78, 5) is 21.2. The summed E-state index contributed by atoms with van der Waals surface area (Å²) >= 11 is 0. The molecule has 0 saturated carbocycles. The smallest absolute Gasteiger partial charge is 0.257 e. The lowest BCUT2D eigenvalue weighted by molar-refractivity contribution is 0.102. The lowest BCUT2D eigenvalue weighted by Gasteiger charge is -2.08. The van der Waals surface area contributed by atoms with Gasteiger partial charge in [-0.25, -0.2) is 4.98 Å². The fourth-order valence-electron chi connectivity index (χ4n) is 3.25. The summed E-state index contributed by atoms with van der Waals surface area (Å²) in [5, 5.41) is 6.69. The van der Waals surface area contributed by atoms with Gasteiger partial charge in [0, 0.05) is 22.5 Å². The minimum Gasteiger partial charge on any atom is -0.334 e. The van der Waals surface area contributed by atoms with E-state index in [1.807, 2.05) is 53.1 Å². The number of anilines is 1. The Bertz CT molecular complexity index is 1330. The van der Waals surface area contributed by atoms with Crippen LogP contribution >= 0.6 is 0 Å². The summed E-state index contributed by atoms with van der Waals surface area (Å²) in [5.74, 6) is 0.810. The number of aromatic nitrogens is 4. The Hall–Kier alpha value is -4.26. The number of amides is 1. The van der Waals surface area contributed by atoms with E-state index in [4.69, 9.17) is 4.52 Å². The van der Waals surface area contributed by atoms with Crippen molar-refractivity contribution in [2.24, 2.45) is 0 Å². The Morgan fingerprint density at radius 3 is 2.47 bits per heavy atom. The van der Waals surface area contributed by atoms with Crippen molar-refractivity contribution in [2.45, 2.75) is 6.92 Å². The molecule has 3 aromatic carbocycles. The summed E-state index contributed by atoms with van der Waals surface area (Å²) in [6, 6.07) is 22.6. The molecule has 0 atom stereocenters. The molecule has 0 aliphatic heterocycles. The minimum atomic E-state index is -0.191. The highest BCUT2D eigenvalue weighted by Crippen LogP contribution is 2.21. The van der Waals surface area contributed by atoms with Gasteiger partial charge in [-0.05, 0) is 67.6 Å². The number of carbonyl (C=O) groups is 1. The molecule has 1 N–H and O–H groups in total. The van der Waals surface area contributed by atoms with Crippen molar-refractivity contribution in [1.29, 1.82) is 0 Å². The molecule has 0 saturated heterocycles. The van der Waals surface area contributed by atoms with Gasteiger partial charge in [0.05, 0.1) is 11.0 Å². The van der Waals surface area contributed by atoms with Gasteiger partial charge in [0.25, 0.3) is 11.8 Å². The molecule has 5 aromatic rings. The van der Waals surface area contributed by atoms with E-state index in [-0.39, 0.29) is 5.91 Å². The van der Waals surface area contributed by atoms with Gasteiger partial charge >= 0.3 is 0 Å². The van der Waals surface area contributed by atoms with E-state index < -0.39 is 0 Å². The van der Waals surface area contributed by atoms with Gasteiger partial charge in [-0.3, -0.25) is 9.36 Å². The van der Waals surface area contributed by atoms with E-state index in [9.17, 15) is 4.79 Å². The third-order valence-corrected chi connectivity index (χ3v) is 4.78. The average molecular weight is 395 g/mol. The SMILES string of the molecule is Cc1noc(-c2ccc(C(=O)Nc3ccc(-n4cnc5ccccc54)cc3)cc2)n1. The van der Waals surface area contributed by atoms with Gasteiger partial charge in [0.2, 0.25) is 0 Å². The topological polar surface area (TPSA) is 85.8 Å². The molecular formula is C23H17N5O2. The molecule has 2 heterocycles. The first-order chi connectivity index (χ1) is 14.7. The van der Waals surface area contributed by atoms with Crippen LogP contribution in [-0.4, -0.2) is 25.6 Å². The summed E-state index contributed by atoms with van der Waals surface area (Å²) in [5.41, 5.74) is 4.97. The number of aryl methyl sites for hydroxylation is 1. The molecule has 2 aromatic heterocycles. The first kappa shape index (κ1) is 17.8. The van der Waals surface area contributed by atoms with Gasteiger partial charge in [-0.2, -0.15) is 4.98 Å². The van der Waals surface area contributed by atoms with E-state index in [1.165, 1.54) is 0 Å². The van der Waals surface area contributed by atoms with Crippen molar-refractivity contribution in [3.8, 4) is 17.1 Å². The van der Waals surface area contributed by atoms with Crippen LogP contribution in [0, 0.1) is 6.92 Å². The number of imidazole rings is 1. The molecule has 1 amide bonds. The van der Waals surface area contributed by atoms with Crippen molar-refractivity contribution in [2.75, 3.05) is 5.32 Å². The Kier molecular flexibility index (Phi) is 4.33. The number of nitrogens with zero attached hydrogens (tertiary/aromatic N) is 4.